The third-order valence-electron chi connectivity index (χ3n) is 11.1. The summed E-state index contributed by atoms with van der Waals surface area (Å²) >= 11 is 6.47. The van der Waals surface area contributed by atoms with Gasteiger partial charge in [0.2, 0.25) is 17.8 Å². The lowest BCUT2D eigenvalue weighted by atomic mass is 10.0. The molecule has 1 aromatic heterocycles. The predicted octanol–water partition coefficient (Wildman–Crippen LogP) is 6.34. The average molecular weight is 860 g/mol. The van der Waals surface area contributed by atoms with E-state index in [0.29, 0.717) is 52.8 Å². The Kier molecular flexibility index (Phi) is 13.9. The number of halogens is 1. The number of unbranched alkanes of at least 4 members (excludes halogenated alkanes) is 2. The molecule has 2 fully saturated rings. The average Bonchev–Trinajstić information content (AvgIpc) is 3.59. The lowest BCUT2D eigenvalue weighted by Gasteiger charge is -2.34. The van der Waals surface area contributed by atoms with Gasteiger partial charge >= 0.3 is 7.60 Å². The van der Waals surface area contributed by atoms with Gasteiger partial charge in [-0.25, -0.2) is 4.98 Å². The standard InChI is InChI=1S/C42H51ClN9O7P/c1-57-36-24-30(12-14-33(36)48-42-46-25-32(43)39(50-42)47-34-9-5-6-10-37(34)60(56,58-2)59-3)51-21-17-28(18-22-51)44-19-7-4-8-20-45-29-11-13-31-27(23-29)26-52(41(31)55)35-15-16-38(53)49-40(35)54/h5-6,9-14,23-25,28,35,44-45H,4,7-8,15-22,26H2,1-3H3,(H,49,53,54)(H2,46,47,48,50). The fraction of sp³-hybridized carbons (Fsp3) is 0.405. The van der Waals surface area contributed by atoms with E-state index in [2.05, 4.69) is 47.5 Å². The van der Waals surface area contributed by atoms with E-state index in [9.17, 15) is 18.9 Å². The summed E-state index contributed by atoms with van der Waals surface area (Å²) in [5, 5.41) is 16.6. The van der Waals surface area contributed by atoms with Gasteiger partial charge in [-0.15, -0.1) is 0 Å². The highest BCUT2D eigenvalue weighted by molar-refractivity contribution is 7.62. The molecule has 1 atom stereocenters. The zero-order valence-corrected chi connectivity index (χ0v) is 35.6. The Labute approximate surface area is 354 Å². The molecule has 5 N–H and O–H groups in total. The fourth-order valence-corrected chi connectivity index (χ4v) is 9.20. The second-order valence-electron chi connectivity index (χ2n) is 14.9. The third kappa shape index (κ3) is 9.85. The monoisotopic (exact) mass is 859 g/mol. The van der Waals surface area contributed by atoms with E-state index in [1.54, 1.807) is 36.3 Å². The summed E-state index contributed by atoms with van der Waals surface area (Å²) in [6.07, 6.45) is 7.35. The Hall–Kier alpha value is -5.25. The molecule has 7 rings (SSSR count). The molecule has 2 saturated heterocycles. The number of aromatic nitrogens is 2. The number of methoxy groups -OCH3 is 1. The molecule has 16 nitrogen and oxygen atoms in total. The number of fused-ring (bicyclic) bond motifs is 1. The Bertz CT molecular complexity index is 2250. The van der Waals surface area contributed by atoms with Gasteiger partial charge in [0, 0.05) is 75.9 Å². The van der Waals surface area contributed by atoms with Crippen LogP contribution in [-0.2, 0) is 29.7 Å². The van der Waals surface area contributed by atoms with Crippen molar-refractivity contribution in [2.75, 3.05) is 68.4 Å². The number of nitrogens with one attached hydrogen (secondary N) is 5. The molecule has 0 aliphatic carbocycles. The highest BCUT2D eigenvalue weighted by Crippen LogP contribution is 2.47. The molecule has 3 aliphatic heterocycles. The van der Waals surface area contributed by atoms with Crippen LogP contribution in [0.3, 0.4) is 0 Å². The van der Waals surface area contributed by atoms with Gasteiger partial charge in [0.1, 0.15) is 16.8 Å². The molecule has 4 aromatic rings. The molecule has 1 unspecified atom stereocenters. The van der Waals surface area contributed by atoms with Crippen molar-refractivity contribution in [2.24, 2.45) is 0 Å². The molecule has 0 saturated carbocycles. The molecular formula is C42H51ClN9O7P. The highest BCUT2D eigenvalue weighted by Gasteiger charge is 2.39. The van der Waals surface area contributed by atoms with E-state index < -0.39 is 19.5 Å². The zero-order valence-electron chi connectivity index (χ0n) is 34.0. The van der Waals surface area contributed by atoms with Crippen LogP contribution >= 0.6 is 19.2 Å². The largest absolute Gasteiger partial charge is 0.494 e. The highest BCUT2D eigenvalue weighted by atomic mass is 35.5. The number of imide groups is 1. The quantitative estimate of drug-likeness (QED) is 0.0424. The van der Waals surface area contributed by atoms with Crippen molar-refractivity contribution < 1.29 is 32.7 Å². The maximum Gasteiger partial charge on any atom is 0.362 e. The van der Waals surface area contributed by atoms with Crippen LogP contribution in [0.4, 0.5) is 34.5 Å². The molecule has 4 heterocycles. The summed E-state index contributed by atoms with van der Waals surface area (Å²) in [5.41, 5.74) is 4.71. The minimum Gasteiger partial charge on any atom is -0.494 e. The first-order chi connectivity index (χ1) is 29.1. The summed E-state index contributed by atoms with van der Waals surface area (Å²) in [7, 11) is 0.734. The number of hydrogen-bond acceptors (Lipinski definition) is 14. The lowest BCUT2D eigenvalue weighted by Crippen LogP contribution is -2.52. The lowest BCUT2D eigenvalue weighted by molar-refractivity contribution is -0.136. The van der Waals surface area contributed by atoms with E-state index in [1.807, 2.05) is 30.3 Å². The molecule has 0 radical (unpaired) electrons. The number of para-hydroxylation sites is 1. The van der Waals surface area contributed by atoms with Crippen molar-refractivity contribution >= 4 is 76.7 Å². The summed E-state index contributed by atoms with van der Waals surface area (Å²) in [6.45, 7) is 4.01. The summed E-state index contributed by atoms with van der Waals surface area (Å²) < 4.78 is 29.4. The van der Waals surface area contributed by atoms with Crippen molar-refractivity contribution in [2.45, 2.75) is 63.6 Å². The van der Waals surface area contributed by atoms with E-state index >= 15 is 0 Å². The van der Waals surface area contributed by atoms with Crippen molar-refractivity contribution in [3.05, 3.63) is 83.0 Å². The van der Waals surface area contributed by atoms with Gasteiger partial charge < -0.3 is 44.9 Å². The maximum absolute atomic E-state index is 13.2. The minimum atomic E-state index is -3.56. The first kappa shape index (κ1) is 42.9. The molecule has 18 heteroatoms. The van der Waals surface area contributed by atoms with Crippen LogP contribution in [0.1, 0.15) is 60.9 Å². The van der Waals surface area contributed by atoms with Gasteiger partial charge in [-0.3, -0.25) is 24.3 Å². The van der Waals surface area contributed by atoms with Gasteiger partial charge in [0.15, 0.2) is 5.82 Å². The zero-order chi connectivity index (χ0) is 42.2. The molecule has 3 amide bonds. The number of carbonyl (C=O) groups is 3. The van der Waals surface area contributed by atoms with Gasteiger partial charge in [0.25, 0.3) is 5.91 Å². The smallest absolute Gasteiger partial charge is 0.362 e. The number of carbonyl (C=O) groups excluding carboxylic acids is 3. The summed E-state index contributed by atoms with van der Waals surface area (Å²) in [5.74, 6) is 0.392. The van der Waals surface area contributed by atoms with Crippen LogP contribution in [0, 0.1) is 0 Å². The van der Waals surface area contributed by atoms with E-state index in [0.717, 1.165) is 75.2 Å². The number of nitrogens with zero attached hydrogens (tertiary/aromatic N) is 4. The molecule has 3 aromatic carbocycles. The molecule has 318 valence electrons. The second kappa shape index (κ2) is 19.4. The van der Waals surface area contributed by atoms with Crippen LogP contribution in [0.2, 0.25) is 5.02 Å². The number of rotatable bonds is 18. The van der Waals surface area contributed by atoms with Crippen molar-refractivity contribution in [1.82, 2.24) is 25.5 Å². The van der Waals surface area contributed by atoms with Crippen molar-refractivity contribution in [3.8, 4) is 5.75 Å². The normalized spacial score (nSPS) is 17.1. The van der Waals surface area contributed by atoms with Gasteiger partial charge in [-0.1, -0.05) is 30.2 Å². The fourth-order valence-electron chi connectivity index (χ4n) is 7.82. The third-order valence-corrected chi connectivity index (χ3v) is 13.3. The van der Waals surface area contributed by atoms with Crippen LogP contribution < -0.4 is 41.5 Å². The number of benzene rings is 3. The summed E-state index contributed by atoms with van der Waals surface area (Å²) in [6, 6.07) is 18.5. The number of amides is 3. The van der Waals surface area contributed by atoms with Gasteiger partial charge in [-0.2, -0.15) is 4.98 Å². The number of ether oxygens (including phenoxy) is 1. The van der Waals surface area contributed by atoms with Crippen molar-refractivity contribution in [1.29, 1.82) is 0 Å². The second-order valence-corrected chi connectivity index (χ2v) is 17.5. The van der Waals surface area contributed by atoms with Crippen LogP contribution in [-0.4, -0.2) is 92.2 Å². The number of piperidine rings is 2. The Morgan fingerprint density at radius 3 is 2.45 bits per heavy atom. The maximum atomic E-state index is 13.2. The van der Waals surface area contributed by atoms with Gasteiger partial charge in [0.05, 0.1) is 30.0 Å². The topological polar surface area (TPSA) is 188 Å². The first-order valence-electron chi connectivity index (χ1n) is 20.1. The number of anilines is 6. The van der Waals surface area contributed by atoms with Gasteiger partial charge in [-0.05, 0) is 86.7 Å². The first-order valence-corrected chi connectivity index (χ1v) is 22.1. The van der Waals surface area contributed by atoms with Crippen LogP contribution in [0.15, 0.2) is 66.9 Å². The molecular weight excluding hydrogens is 809 g/mol. The van der Waals surface area contributed by atoms with Crippen LogP contribution in [0.5, 0.6) is 5.75 Å². The molecule has 0 bridgehead atoms. The molecule has 3 aliphatic rings. The van der Waals surface area contributed by atoms with E-state index in [-0.39, 0.29) is 29.2 Å². The number of hydrogen-bond donors (Lipinski definition) is 5. The Morgan fingerprint density at radius 2 is 1.68 bits per heavy atom. The van der Waals surface area contributed by atoms with Crippen LogP contribution in [0.25, 0.3) is 0 Å². The predicted molar refractivity (Wildman–Crippen MR) is 232 cm³/mol. The Balaban J connectivity index is 0.829. The molecule has 0 spiro atoms. The van der Waals surface area contributed by atoms with E-state index in [4.69, 9.17) is 25.4 Å². The Morgan fingerprint density at radius 1 is 0.900 bits per heavy atom. The van der Waals surface area contributed by atoms with Crippen molar-refractivity contribution in [3.63, 3.8) is 0 Å². The van der Waals surface area contributed by atoms with E-state index in [1.165, 1.54) is 20.4 Å². The summed E-state index contributed by atoms with van der Waals surface area (Å²) in [4.78, 5) is 49.8. The molecule has 60 heavy (non-hydrogen) atoms. The SMILES string of the molecule is COc1cc(N2CCC(NCCCCCNc3ccc4c(c3)CN(C3CCC(=O)NC3=O)C4=O)CC2)ccc1Nc1ncc(Cl)c(Nc2ccccc2P(=O)(OC)OC)n1. The minimum absolute atomic E-state index is 0.158.